The van der Waals surface area contributed by atoms with E-state index in [1.165, 1.54) is 0 Å². The zero-order chi connectivity index (χ0) is 22.5. The molecule has 1 aromatic heterocycles. The van der Waals surface area contributed by atoms with Gasteiger partial charge in [-0.25, -0.2) is 15.0 Å². The average molecular weight is 428 g/mol. The molecule has 0 unspecified atom stereocenters. The zero-order valence-corrected chi connectivity index (χ0v) is 17.7. The van der Waals surface area contributed by atoms with Crippen LogP contribution < -0.4 is 4.65 Å². The minimum atomic E-state index is 0.490. The molecule has 5 nitrogen and oxygen atoms in total. The molecule has 0 amide bonds. The molecule has 157 valence electrons. The predicted molar refractivity (Wildman–Crippen MR) is 130 cm³/mol. The zero-order valence-electron chi connectivity index (χ0n) is 17.7. The summed E-state index contributed by atoms with van der Waals surface area (Å²) in [5, 5.41) is 9.00. The lowest BCUT2D eigenvalue weighted by atomic mass is 10.0. The first-order chi connectivity index (χ1) is 16.3. The van der Waals surface area contributed by atoms with E-state index in [9.17, 15) is 0 Å². The second-order valence-corrected chi connectivity index (χ2v) is 7.37. The van der Waals surface area contributed by atoms with Gasteiger partial charge in [-0.05, 0) is 29.3 Å². The first-order valence-electron chi connectivity index (χ1n) is 10.5. The van der Waals surface area contributed by atoms with Crippen LogP contribution in [0.4, 0.5) is 0 Å². The van der Waals surface area contributed by atoms with Gasteiger partial charge < -0.3 is 9.68 Å². The Balaban J connectivity index is 1.65. The Morgan fingerprint density at radius 1 is 0.485 bits per heavy atom. The lowest BCUT2D eigenvalue weighted by Crippen LogP contribution is -2.02. The third kappa shape index (κ3) is 4.66. The highest BCUT2D eigenvalue weighted by Gasteiger charge is 2.13. The molecule has 4 aromatic carbocycles. The van der Waals surface area contributed by atoms with Crippen molar-refractivity contribution in [2.24, 2.45) is 0 Å². The van der Waals surface area contributed by atoms with Crippen molar-refractivity contribution in [3.63, 3.8) is 0 Å². The Morgan fingerprint density at radius 2 is 0.970 bits per heavy atom. The molecule has 0 bridgehead atoms. The lowest BCUT2D eigenvalue weighted by molar-refractivity contribution is 0.454. The van der Waals surface area contributed by atoms with Crippen molar-refractivity contribution in [1.29, 1.82) is 0 Å². The van der Waals surface area contributed by atoms with E-state index in [0.717, 1.165) is 27.8 Å². The topological polar surface area (TPSA) is 68.1 Å². The Bertz CT molecular complexity index is 1380. The standard InChI is InChI=1S/C27H19BN3O2/c32-28-33-24-16-8-15-23(18-24)27-30-25(20-11-5-2-6-12-20)29-26(31-27)22-14-7-13-21(17-22)19-9-3-1-4-10-19/h1-18,32H. The first kappa shape index (κ1) is 20.6. The Hall–Kier alpha value is -4.29. The molecule has 0 spiro atoms. The van der Waals surface area contributed by atoms with Crippen LogP contribution >= 0.6 is 0 Å². The number of rotatable bonds is 6. The first-order valence-corrected chi connectivity index (χ1v) is 10.5. The van der Waals surface area contributed by atoms with E-state index < -0.39 is 0 Å². The Labute approximate surface area is 192 Å². The minimum absolute atomic E-state index is 0.490. The molecule has 0 aliphatic carbocycles. The summed E-state index contributed by atoms with van der Waals surface area (Å²) < 4.78 is 5.12. The summed E-state index contributed by atoms with van der Waals surface area (Å²) in [6, 6.07) is 35.5. The van der Waals surface area contributed by atoms with Crippen molar-refractivity contribution >= 4 is 7.69 Å². The Kier molecular flexibility index (Phi) is 5.91. The van der Waals surface area contributed by atoms with E-state index in [1.54, 1.807) is 12.1 Å². The molecule has 0 atom stereocenters. The highest BCUT2D eigenvalue weighted by molar-refractivity contribution is 6.17. The van der Waals surface area contributed by atoms with E-state index >= 15 is 0 Å². The van der Waals surface area contributed by atoms with Gasteiger partial charge in [0.2, 0.25) is 0 Å². The quantitative estimate of drug-likeness (QED) is 0.365. The second kappa shape index (κ2) is 9.46. The summed E-state index contributed by atoms with van der Waals surface area (Å²) in [6.45, 7) is 0. The summed E-state index contributed by atoms with van der Waals surface area (Å²) in [7, 11) is 0.655. The highest BCUT2D eigenvalue weighted by Crippen LogP contribution is 2.29. The molecule has 1 heterocycles. The fraction of sp³-hybridized carbons (Fsp3) is 0. The van der Waals surface area contributed by atoms with E-state index in [2.05, 4.69) is 24.3 Å². The number of aromatic nitrogens is 3. The molecule has 0 saturated carbocycles. The van der Waals surface area contributed by atoms with Gasteiger partial charge in [0.05, 0.1) is 0 Å². The van der Waals surface area contributed by atoms with Crippen molar-refractivity contribution in [3.8, 4) is 51.0 Å². The fourth-order valence-corrected chi connectivity index (χ4v) is 3.59. The van der Waals surface area contributed by atoms with Crippen molar-refractivity contribution in [2.75, 3.05) is 0 Å². The highest BCUT2D eigenvalue weighted by atomic mass is 16.5. The maximum atomic E-state index is 9.00. The van der Waals surface area contributed by atoms with Gasteiger partial charge >= 0.3 is 7.69 Å². The number of benzene rings is 4. The third-order valence-corrected chi connectivity index (χ3v) is 5.18. The molecular weight excluding hydrogens is 409 g/mol. The van der Waals surface area contributed by atoms with Gasteiger partial charge in [0.25, 0.3) is 0 Å². The van der Waals surface area contributed by atoms with Crippen LogP contribution in [0.5, 0.6) is 5.75 Å². The molecule has 0 aliphatic rings. The normalized spacial score (nSPS) is 10.6. The van der Waals surface area contributed by atoms with Crippen LogP contribution in [0.15, 0.2) is 109 Å². The van der Waals surface area contributed by atoms with Crippen LogP contribution in [-0.4, -0.2) is 27.7 Å². The van der Waals surface area contributed by atoms with Crippen molar-refractivity contribution in [3.05, 3.63) is 109 Å². The van der Waals surface area contributed by atoms with Gasteiger partial charge in [0, 0.05) is 16.7 Å². The molecule has 6 heteroatoms. The number of hydrogen-bond donors (Lipinski definition) is 1. The summed E-state index contributed by atoms with van der Waals surface area (Å²) in [5.41, 5.74) is 4.77. The molecule has 5 rings (SSSR count). The van der Waals surface area contributed by atoms with Crippen LogP contribution in [0, 0.1) is 0 Å². The maximum absolute atomic E-state index is 9.00. The lowest BCUT2D eigenvalue weighted by Gasteiger charge is -2.10. The van der Waals surface area contributed by atoms with E-state index in [0.29, 0.717) is 30.9 Å². The molecule has 5 aromatic rings. The van der Waals surface area contributed by atoms with Crippen LogP contribution in [0.25, 0.3) is 45.3 Å². The van der Waals surface area contributed by atoms with Crippen LogP contribution in [0.1, 0.15) is 0 Å². The smallest absolute Gasteiger partial charge is 0.537 e. The maximum Gasteiger partial charge on any atom is 0.569 e. The number of nitrogens with zero attached hydrogens (tertiary/aromatic N) is 3. The summed E-state index contributed by atoms with van der Waals surface area (Å²) in [5.74, 6) is 2.18. The molecule has 0 saturated heterocycles. The van der Waals surface area contributed by atoms with E-state index in [4.69, 9.17) is 24.6 Å². The fourth-order valence-electron chi connectivity index (χ4n) is 3.59. The summed E-state index contributed by atoms with van der Waals surface area (Å²) >= 11 is 0. The van der Waals surface area contributed by atoms with E-state index in [-0.39, 0.29) is 0 Å². The van der Waals surface area contributed by atoms with Crippen LogP contribution in [0.2, 0.25) is 0 Å². The van der Waals surface area contributed by atoms with Crippen LogP contribution in [0.3, 0.4) is 0 Å². The van der Waals surface area contributed by atoms with Crippen molar-refractivity contribution in [1.82, 2.24) is 15.0 Å². The van der Waals surface area contributed by atoms with Crippen molar-refractivity contribution in [2.45, 2.75) is 0 Å². The predicted octanol–water partition coefficient (Wildman–Crippen LogP) is 5.44. The van der Waals surface area contributed by atoms with E-state index in [1.807, 2.05) is 72.8 Å². The molecule has 1 radical (unpaired) electrons. The molecule has 33 heavy (non-hydrogen) atoms. The van der Waals surface area contributed by atoms with Gasteiger partial charge in [0.15, 0.2) is 17.5 Å². The molecule has 1 N–H and O–H groups in total. The van der Waals surface area contributed by atoms with Gasteiger partial charge in [-0.3, -0.25) is 0 Å². The van der Waals surface area contributed by atoms with Gasteiger partial charge in [-0.1, -0.05) is 91.0 Å². The van der Waals surface area contributed by atoms with Crippen LogP contribution in [-0.2, 0) is 0 Å². The molecule has 0 fully saturated rings. The Morgan fingerprint density at radius 3 is 1.61 bits per heavy atom. The molecule has 0 aliphatic heterocycles. The van der Waals surface area contributed by atoms with Gasteiger partial charge in [-0.2, -0.15) is 0 Å². The second-order valence-electron chi connectivity index (χ2n) is 7.37. The number of hydrogen-bond acceptors (Lipinski definition) is 5. The summed E-state index contributed by atoms with van der Waals surface area (Å²) in [6.07, 6.45) is 0. The molecular formula is C27H19BN3O2. The van der Waals surface area contributed by atoms with Gasteiger partial charge in [0.1, 0.15) is 5.75 Å². The monoisotopic (exact) mass is 428 g/mol. The minimum Gasteiger partial charge on any atom is -0.537 e. The van der Waals surface area contributed by atoms with Gasteiger partial charge in [-0.15, -0.1) is 0 Å². The average Bonchev–Trinajstić information content (AvgIpc) is 2.90. The summed E-state index contributed by atoms with van der Waals surface area (Å²) in [4.78, 5) is 14.3. The third-order valence-electron chi connectivity index (χ3n) is 5.18. The largest absolute Gasteiger partial charge is 0.569 e. The van der Waals surface area contributed by atoms with Crippen molar-refractivity contribution < 1.29 is 9.68 Å². The SMILES string of the molecule is O[B]Oc1cccc(-c2nc(-c3ccccc3)nc(-c3cccc(-c4ccccc4)c3)n2)c1.